The van der Waals surface area contributed by atoms with Crippen molar-refractivity contribution in [2.75, 3.05) is 0 Å². The second kappa shape index (κ2) is 10.5. The van der Waals surface area contributed by atoms with Gasteiger partial charge in [0.2, 0.25) is 0 Å². The van der Waals surface area contributed by atoms with E-state index < -0.39 is 11.6 Å². The third kappa shape index (κ3) is 5.32. The molecule has 2 heteroatoms. The van der Waals surface area contributed by atoms with Crippen LogP contribution in [0.3, 0.4) is 0 Å². The van der Waals surface area contributed by atoms with Gasteiger partial charge in [-0.3, -0.25) is 0 Å². The minimum atomic E-state index is -0.591. The summed E-state index contributed by atoms with van der Waals surface area (Å²) in [5, 5.41) is 0. The van der Waals surface area contributed by atoms with E-state index in [1.54, 1.807) is 0 Å². The summed E-state index contributed by atoms with van der Waals surface area (Å²) in [4.78, 5) is 0. The van der Waals surface area contributed by atoms with Crippen molar-refractivity contribution in [3.8, 4) is 0 Å². The van der Waals surface area contributed by atoms with Crippen molar-refractivity contribution in [2.45, 2.75) is 95.8 Å². The van der Waals surface area contributed by atoms with E-state index in [0.717, 1.165) is 56.8 Å². The molecule has 0 saturated heterocycles. The van der Waals surface area contributed by atoms with Crippen LogP contribution in [0.15, 0.2) is 36.9 Å². The molecule has 2 fully saturated rings. The Labute approximate surface area is 188 Å². The summed E-state index contributed by atoms with van der Waals surface area (Å²) in [7, 11) is 0. The fourth-order valence-electron chi connectivity index (χ4n) is 6.50. The van der Waals surface area contributed by atoms with E-state index >= 15 is 4.39 Å². The highest BCUT2D eigenvalue weighted by Gasteiger charge is 2.30. The largest absolute Gasteiger partial charge is 0.203 e. The maximum absolute atomic E-state index is 15.1. The minimum absolute atomic E-state index is 0.0232. The Morgan fingerprint density at radius 2 is 1.52 bits per heavy atom. The predicted molar refractivity (Wildman–Crippen MR) is 126 cm³/mol. The van der Waals surface area contributed by atoms with E-state index in [1.807, 2.05) is 18.2 Å². The first-order chi connectivity index (χ1) is 15.1. The van der Waals surface area contributed by atoms with Gasteiger partial charge in [-0.15, -0.1) is 6.58 Å². The Bertz CT molecular complexity index is 763. The van der Waals surface area contributed by atoms with Gasteiger partial charge in [-0.05, 0) is 92.1 Å². The zero-order valence-corrected chi connectivity index (χ0v) is 19.3. The first-order valence-electron chi connectivity index (χ1n) is 12.8. The summed E-state index contributed by atoms with van der Waals surface area (Å²) >= 11 is 0. The van der Waals surface area contributed by atoms with Crippen LogP contribution >= 0.6 is 0 Å². The van der Waals surface area contributed by atoms with Gasteiger partial charge in [-0.2, -0.15) is 0 Å². The van der Waals surface area contributed by atoms with Gasteiger partial charge in [0.1, 0.15) is 0 Å². The Balaban J connectivity index is 1.37. The summed E-state index contributed by atoms with van der Waals surface area (Å²) in [6.45, 7) is 6.11. The molecule has 0 N–H and O–H groups in total. The summed E-state index contributed by atoms with van der Waals surface area (Å²) in [6.07, 6.45) is 20.6. The minimum Gasteiger partial charge on any atom is -0.203 e. The Kier molecular flexibility index (Phi) is 7.67. The van der Waals surface area contributed by atoms with Gasteiger partial charge in [0.15, 0.2) is 11.6 Å². The lowest BCUT2D eigenvalue weighted by atomic mass is 9.70. The van der Waals surface area contributed by atoms with E-state index in [4.69, 9.17) is 0 Å². The molecule has 3 aliphatic rings. The highest BCUT2D eigenvalue weighted by atomic mass is 19.2. The molecule has 0 aromatic heterocycles. The van der Waals surface area contributed by atoms with E-state index in [2.05, 4.69) is 25.7 Å². The zero-order chi connectivity index (χ0) is 21.8. The highest BCUT2D eigenvalue weighted by molar-refractivity contribution is 5.34. The lowest BCUT2D eigenvalue weighted by Crippen LogP contribution is -2.23. The fourth-order valence-corrected chi connectivity index (χ4v) is 6.50. The maximum atomic E-state index is 15.1. The first kappa shape index (κ1) is 22.7. The van der Waals surface area contributed by atoms with Crippen molar-refractivity contribution in [3.05, 3.63) is 59.7 Å². The van der Waals surface area contributed by atoms with Gasteiger partial charge < -0.3 is 0 Å². The average molecular weight is 427 g/mol. The van der Waals surface area contributed by atoms with Crippen LogP contribution in [0, 0.1) is 35.3 Å². The normalized spacial score (nSPS) is 33.9. The van der Waals surface area contributed by atoms with Gasteiger partial charge in [0.05, 0.1) is 0 Å². The van der Waals surface area contributed by atoms with E-state index in [-0.39, 0.29) is 11.8 Å². The Morgan fingerprint density at radius 1 is 0.839 bits per heavy atom. The van der Waals surface area contributed by atoms with Crippen LogP contribution in [0.1, 0.15) is 107 Å². The van der Waals surface area contributed by atoms with Crippen molar-refractivity contribution in [2.24, 2.45) is 23.7 Å². The van der Waals surface area contributed by atoms with E-state index in [0.29, 0.717) is 23.0 Å². The van der Waals surface area contributed by atoms with Crippen LogP contribution in [0.5, 0.6) is 0 Å². The number of hydrogen-bond donors (Lipinski definition) is 0. The molecule has 0 heterocycles. The maximum Gasteiger partial charge on any atom is 0.162 e. The molecular weight excluding hydrogens is 386 g/mol. The third-order valence-electron chi connectivity index (χ3n) is 8.67. The standard InChI is InChI=1S/C29H40F2/c1-3-4-5-21-8-12-22(13-9-21)23-14-16-25(17-15-23)27-19-18-26(28(30)29(27)31)24-10-6-20(2)7-11-24/h3,14,16,18-25H,1,4-13,15,17H2,2H3. The number of benzene rings is 1. The van der Waals surface area contributed by atoms with Crippen molar-refractivity contribution in [3.63, 3.8) is 0 Å². The van der Waals surface area contributed by atoms with Crippen molar-refractivity contribution in [1.29, 1.82) is 0 Å². The summed E-state index contributed by atoms with van der Waals surface area (Å²) in [5.41, 5.74) is 1.17. The summed E-state index contributed by atoms with van der Waals surface area (Å²) in [5.74, 6) is 2.02. The lowest BCUT2D eigenvalue weighted by molar-refractivity contribution is 0.210. The molecule has 0 amide bonds. The second-order valence-electron chi connectivity index (χ2n) is 10.7. The van der Waals surface area contributed by atoms with Crippen molar-refractivity contribution in [1.82, 2.24) is 0 Å². The van der Waals surface area contributed by atoms with Crippen LogP contribution in [-0.4, -0.2) is 0 Å². The summed E-state index contributed by atoms with van der Waals surface area (Å²) in [6, 6.07) is 3.77. The first-order valence-corrected chi connectivity index (χ1v) is 12.8. The monoisotopic (exact) mass is 426 g/mol. The molecule has 0 radical (unpaired) electrons. The smallest absolute Gasteiger partial charge is 0.162 e. The van der Waals surface area contributed by atoms with Crippen molar-refractivity contribution >= 4 is 0 Å². The lowest BCUT2D eigenvalue weighted by Gasteiger charge is -2.35. The average Bonchev–Trinajstić information content (AvgIpc) is 2.81. The Morgan fingerprint density at radius 3 is 2.16 bits per heavy atom. The molecule has 170 valence electrons. The molecule has 31 heavy (non-hydrogen) atoms. The molecule has 1 aromatic rings. The molecule has 2 atom stereocenters. The molecule has 0 bridgehead atoms. The number of allylic oxidation sites excluding steroid dienone is 3. The molecule has 3 aliphatic carbocycles. The SMILES string of the molecule is C=CCCC1CCC(C2C=CC(c3ccc(C4CCC(C)CC4)c(F)c3F)CC2)CC1. The highest BCUT2D eigenvalue weighted by Crippen LogP contribution is 2.43. The number of halogens is 2. The van der Waals surface area contributed by atoms with Gasteiger partial charge >= 0.3 is 0 Å². The molecule has 2 unspecified atom stereocenters. The molecule has 0 spiro atoms. The van der Waals surface area contributed by atoms with Crippen LogP contribution in [0.4, 0.5) is 8.78 Å². The number of hydrogen-bond acceptors (Lipinski definition) is 0. The van der Waals surface area contributed by atoms with Gasteiger partial charge in [0.25, 0.3) is 0 Å². The quantitative estimate of drug-likeness (QED) is 0.398. The van der Waals surface area contributed by atoms with Gasteiger partial charge in [0, 0.05) is 5.92 Å². The van der Waals surface area contributed by atoms with E-state index in [1.165, 1.54) is 32.1 Å². The number of rotatable bonds is 6. The molecule has 2 saturated carbocycles. The van der Waals surface area contributed by atoms with Gasteiger partial charge in [-0.25, -0.2) is 8.78 Å². The Hall–Kier alpha value is -1.44. The van der Waals surface area contributed by atoms with Crippen LogP contribution in [-0.2, 0) is 0 Å². The predicted octanol–water partition coefficient (Wildman–Crippen LogP) is 9.08. The topological polar surface area (TPSA) is 0 Å². The molecule has 0 aliphatic heterocycles. The fraction of sp³-hybridized carbons (Fsp3) is 0.655. The zero-order valence-electron chi connectivity index (χ0n) is 19.3. The molecular formula is C29H40F2. The third-order valence-corrected chi connectivity index (χ3v) is 8.67. The van der Waals surface area contributed by atoms with Crippen LogP contribution in [0.2, 0.25) is 0 Å². The van der Waals surface area contributed by atoms with Crippen LogP contribution in [0.25, 0.3) is 0 Å². The molecule has 1 aromatic carbocycles. The second-order valence-corrected chi connectivity index (χ2v) is 10.7. The summed E-state index contributed by atoms with van der Waals surface area (Å²) < 4.78 is 30.0. The van der Waals surface area contributed by atoms with Gasteiger partial charge in [-0.1, -0.05) is 63.0 Å². The molecule has 4 rings (SSSR count). The van der Waals surface area contributed by atoms with E-state index in [9.17, 15) is 4.39 Å². The molecule has 0 nitrogen and oxygen atoms in total. The van der Waals surface area contributed by atoms with Crippen LogP contribution < -0.4 is 0 Å². The van der Waals surface area contributed by atoms with Crippen molar-refractivity contribution < 1.29 is 8.78 Å².